The molecule has 0 saturated carbocycles. The third-order valence-electron chi connectivity index (χ3n) is 11.4. The molecule has 0 fully saturated rings. The maximum Gasteiger partial charge on any atom is 0.143 e. The first-order chi connectivity index (χ1) is 27.0. The third kappa shape index (κ3) is 4.92. The van der Waals surface area contributed by atoms with Crippen molar-refractivity contribution in [1.29, 1.82) is 0 Å². The zero-order chi connectivity index (χ0) is 36.7. The Bertz CT molecular complexity index is 3080. The van der Waals surface area contributed by atoms with Crippen molar-refractivity contribution in [2.75, 3.05) is 4.90 Å². The molecule has 0 saturated heterocycles. The van der Waals surface area contributed by atoms with E-state index in [9.17, 15) is 0 Å². The quantitative estimate of drug-likeness (QED) is 0.178. The average Bonchev–Trinajstić information content (AvgIpc) is 3.81. The van der Waals surface area contributed by atoms with E-state index in [1.165, 1.54) is 11.1 Å². The summed E-state index contributed by atoms with van der Waals surface area (Å²) in [5, 5.41) is 4.32. The van der Waals surface area contributed by atoms with Crippen molar-refractivity contribution in [3.8, 4) is 33.8 Å². The van der Waals surface area contributed by atoms with Gasteiger partial charge in [-0.15, -0.1) is 0 Å². The largest absolute Gasteiger partial charge is 0.456 e. The van der Waals surface area contributed by atoms with Gasteiger partial charge in [0, 0.05) is 61.4 Å². The van der Waals surface area contributed by atoms with E-state index in [1.807, 2.05) is 24.3 Å². The van der Waals surface area contributed by atoms with E-state index in [0.29, 0.717) is 0 Å². The van der Waals surface area contributed by atoms with Crippen molar-refractivity contribution in [2.24, 2.45) is 0 Å². The van der Waals surface area contributed by atoms with Crippen molar-refractivity contribution < 1.29 is 13.6 Å². The van der Waals surface area contributed by atoms with Crippen molar-refractivity contribution >= 4 is 60.9 Å². The SMILES string of the molecule is CC1(C)c2ccc(N(c3ccc(-c4ccccc4)cc3)c3ccc(-c4cccc5c4oc4ccccc45)cc3)cc2Oc2c1ccc1oc3ccccc3c21. The minimum atomic E-state index is -0.296. The number of furan rings is 2. The van der Waals surface area contributed by atoms with Gasteiger partial charge in [0.2, 0.25) is 0 Å². The van der Waals surface area contributed by atoms with Crippen LogP contribution in [-0.2, 0) is 5.41 Å². The maximum absolute atomic E-state index is 6.98. The summed E-state index contributed by atoms with van der Waals surface area (Å²) in [6, 6.07) is 61.8. The molecular formula is C51H35NO3. The Balaban J connectivity index is 1.04. The van der Waals surface area contributed by atoms with Crippen LogP contribution in [0, 0.1) is 0 Å². The topological polar surface area (TPSA) is 38.8 Å². The van der Waals surface area contributed by atoms with Gasteiger partial charge >= 0.3 is 0 Å². The van der Waals surface area contributed by atoms with Crippen molar-refractivity contribution in [3.05, 3.63) is 187 Å². The number of para-hydroxylation sites is 3. The van der Waals surface area contributed by atoms with Gasteiger partial charge in [0.1, 0.15) is 33.8 Å². The zero-order valence-electron chi connectivity index (χ0n) is 30.4. The lowest BCUT2D eigenvalue weighted by Crippen LogP contribution is -2.24. The van der Waals surface area contributed by atoms with Crippen LogP contribution in [0.4, 0.5) is 17.1 Å². The monoisotopic (exact) mass is 709 g/mol. The van der Waals surface area contributed by atoms with E-state index in [1.54, 1.807) is 0 Å². The summed E-state index contributed by atoms with van der Waals surface area (Å²) in [6.45, 7) is 4.56. The molecule has 0 bridgehead atoms. The van der Waals surface area contributed by atoms with Gasteiger partial charge in [0.05, 0.1) is 5.39 Å². The molecule has 0 amide bonds. The lowest BCUT2D eigenvalue weighted by atomic mass is 9.75. The fraction of sp³-hybridized carbons (Fsp3) is 0.0588. The molecule has 55 heavy (non-hydrogen) atoms. The highest BCUT2D eigenvalue weighted by Gasteiger charge is 2.36. The number of hydrogen-bond donors (Lipinski definition) is 0. The molecule has 2 aromatic heterocycles. The van der Waals surface area contributed by atoms with Crippen LogP contribution in [0.25, 0.3) is 66.1 Å². The van der Waals surface area contributed by atoms with Crippen LogP contribution in [0.1, 0.15) is 25.0 Å². The smallest absolute Gasteiger partial charge is 0.143 e. The van der Waals surface area contributed by atoms with Crippen molar-refractivity contribution in [1.82, 2.24) is 0 Å². The molecule has 1 aliphatic heterocycles. The highest BCUT2D eigenvalue weighted by atomic mass is 16.5. The molecule has 0 spiro atoms. The Morgan fingerprint density at radius 3 is 1.80 bits per heavy atom. The van der Waals surface area contributed by atoms with E-state index < -0.39 is 0 Å². The molecular weight excluding hydrogens is 675 g/mol. The van der Waals surface area contributed by atoms with Crippen LogP contribution < -0.4 is 9.64 Å². The molecule has 10 aromatic rings. The van der Waals surface area contributed by atoms with E-state index in [0.717, 1.165) is 94.7 Å². The maximum atomic E-state index is 6.98. The average molecular weight is 710 g/mol. The Morgan fingerprint density at radius 2 is 1.04 bits per heavy atom. The van der Waals surface area contributed by atoms with Gasteiger partial charge in [-0.05, 0) is 65.2 Å². The molecule has 0 N–H and O–H groups in total. The second-order valence-electron chi connectivity index (χ2n) is 14.9. The Morgan fingerprint density at radius 1 is 0.436 bits per heavy atom. The summed E-state index contributed by atoms with van der Waals surface area (Å²) in [5.41, 5.74) is 13.1. The van der Waals surface area contributed by atoms with Crippen LogP contribution in [0.15, 0.2) is 185 Å². The lowest BCUT2D eigenvalue weighted by molar-refractivity contribution is 0.423. The Hall–Kier alpha value is -7.04. The Kier molecular flexibility index (Phi) is 6.86. The fourth-order valence-electron chi connectivity index (χ4n) is 8.53. The van der Waals surface area contributed by atoms with Gasteiger partial charge in [-0.25, -0.2) is 0 Å². The normalized spacial score (nSPS) is 13.2. The zero-order valence-corrected chi connectivity index (χ0v) is 30.4. The van der Waals surface area contributed by atoms with Crippen molar-refractivity contribution in [3.63, 3.8) is 0 Å². The first-order valence-electron chi connectivity index (χ1n) is 18.7. The molecule has 0 radical (unpaired) electrons. The molecule has 4 nitrogen and oxygen atoms in total. The molecule has 0 atom stereocenters. The molecule has 0 aliphatic carbocycles. The van der Waals surface area contributed by atoms with Gasteiger partial charge in [0.25, 0.3) is 0 Å². The summed E-state index contributed by atoms with van der Waals surface area (Å²) >= 11 is 0. The third-order valence-corrected chi connectivity index (χ3v) is 11.4. The highest BCUT2D eigenvalue weighted by Crippen LogP contribution is 2.53. The number of rotatable bonds is 5. The van der Waals surface area contributed by atoms with Crippen molar-refractivity contribution in [2.45, 2.75) is 19.3 Å². The fourth-order valence-corrected chi connectivity index (χ4v) is 8.53. The number of anilines is 3. The molecule has 1 aliphatic rings. The number of hydrogen-bond acceptors (Lipinski definition) is 4. The molecule has 0 unspecified atom stereocenters. The van der Waals surface area contributed by atoms with Gasteiger partial charge in [0.15, 0.2) is 0 Å². The minimum Gasteiger partial charge on any atom is -0.456 e. The lowest BCUT2D eigenvalue weighted by Gasteiger charge is -2.36. The standard InChI is InChI=1S/C51H35NO3/c1-51(2)42-28-27-37(31-47(42)55-50-43(51)29-30-46-48(50)41-14-7-9-18-45(41)53-46)52(35-23-19-33(20-24-35)32-11-4-3-5-12-32)36-25-21-34(22-26-36)38-15-10-16-40-39-13-6-8-17-44(39)54-49(38)40/h3-31H,1-2H3. The van der Waals surface area contributed by atoms with E-state index in [-0.39, 0.29) is 5.41 Å². The van der Waals surface area contributed by atoms with E-state index in [4.69, 9.17) is 13.6 Å². The summed E-state index contributed by atoms with van der Waals surface area (Å²) < 4.78 is 19.7. The molecule has 11 rings (SSSR count). The summed E-state index contributed by atoms with van der Waals surface area (Å²) in [4.78, 5) is 2.31. The van der Waals surface area contributed by atoms with Gasteiger partial charge in [-0.2, -0.15) is 0 Å². The summed E-state index contributed by atoms with van der Waals surface area (Å²) in [5.74, 6) is 1.70. The summed E-state index contributed by atoms with van der Waals surface area (Å²) in [6.07, 6.45) is 0. The molecule has 8 aromatic carbocycles. The Labute approximate surface area is 318 Å². The minimum absolute atomic E-state index is 0.296. The molecule has 4 heteroatoms. The number of benzene rings is 8. The first-order valence-corrected chi connectivity index (χ1v) is 18.7. The van der Waals surface area contributed by atoms with Gasteiger partial charge in [-0.3, -0.25) is 0 Å². The van der Waals surface area contributed by atoms with Crippen LogP contribution >= 0.6 is 0 Å². The number of ether oxygens (including phenoxy) is 1. The van der Waals surface area contributed by atoms with E-state index >= 15 is 0 Å². The second kappa shape index (κ2) is 12.0. The number of nitrogens with zero attached hydrogens (tertiary/aromatic N) is 1. The second-order valence-corrected chi connectivity index (χ2v) is 14.9. The van der Waals surface area contributed by atoms with Crippen LogP contribution in [0.5, 0.6) is 11.5 Å². The van der Waals surface area contributed by atoms with Crippen LogP contribution in [0.2, 0.25) is 0 Å². The molecule has 262 valence electrons. The number of fused-ring (bicyclic) bond motifs is 9. The van der Waals surface area contributed by atoms with Gasteiger partial charge < -0.3 is 18.5 Å². The van der Waals surface area contributed by atoms with Crippen LogP contribution in [-0.4, -0.2) is 0 Å². The first kappa shape index (κ1) is 31.5. The summed E-state index contributed by atoms with van der Waals surface area (Å²) in [7, 11) is 0. The predicted octanol–water partition coefficient (Wildman–Crippen LogP) is 14.7. The van der Waals surface area contributed by atoms with Gasteiger partial charge in [-0.1, -0.05) is 135 Å². The molecule has 3 heterocycles. The predicted molar refractivity (Wildman–Crippen MR) is 225 cm³/mol. The van der Waals surface area contributed by atoms with Crippen LogP contribution in [0.3, 0.4) is 0 Å². The van der Waals surface area contributed by atoms with E-state index in [2.05, 4.69) is 170 Å². The highest BCUT2D eigenvalue weighted by molar-refractivity contribution is 6.10.